The van der Waals surface area contributed by atoms with Gasteiger partial charge in [-0.05, 0) is 23.8 Å². The molecule has 0 fully saturated rings. The summed E-state index contributed by atoms with van der Waals surface area (Å²) >= 11 is 5.65. The van der Waals surface area contributed by atoms with E-state index < -0.39 is 27.3 Å². The Morgan fingerprint density at radius 1 is 1.18 bits per heavy atom. The molecule has 0 saturated heterocycles. The predicted octanol–water partition coefficient (Wildman–Crippen LogP) is 3.28. The van der Waals surface area contributed by atoms with Crippen molar-refractivity contribution >= 4 is 33.0 Å². The van der Waals surface area contributed by atoms with Gasteiger partial charge in [0, 0.05) is 24.6 Å². The third-order valence-electron chi connectivity index (χ3n) is 3.90. The summed E-state index contributed by atoms with van der Waals surface area (Å²) in [5.41, 5.74) is 1.22. The van der Waals surface area contributed by atoms with Crippen LogP contribution in [0, 0.1) is 5.82 Å². The number of halogens is 2. The minimum atomic E-state index is -3.76. The Morgan fingerprint density at radius 3 is 2.64 bits per heavy atom. The average Bonchev–Trinajstić information content (AvgIpc) is 3.04. The van der Waals surface area contributed by atoms with E-state index in [4.69, 9.17) is 11.6 Å². The van der Waals surface area contributed by atoms with E-state index in [0.29, 0.717) is 12.4 Å². The number of sulfone groups is 1. The number of nitrogens with zero attached hydrogens (tertiary/aromatic N) is 2. The molecule has 1 heterocycles. The van der Waals surface area contributed by atoms with Gasteiger partial charge in [0.15, 0.2) is 9.84 Å². The van der Waals surface area contributed by atoms with Gasteiger partial charge < -0.3 is 9.88 Å². The molecule has 0 atom stereocenters. The van der Waals surface area contributed by atoms with Crippen LogP contribution in [-0.4, -0.2) is 29.6 Å². The Bertz CT molecular complexity index is 1080. The van der Waals surface area contributed by atoms with Crippen LogP contribution < -0.4 is 5.32 Å². The smallest absolute Gasteiger partial charge is 0.239 e. The van der Waals surface area contributed by atoms with E-state index in [1.54, 1.807) is 10.8 Å². The Kier molecular flexibility index (Phi) is 6.11. The fraction of sp³-hybridized carbons (Fsp3) is 0.158. The number of aromatic nitrogens is 2. The van der Waals surface area contributed by atoms with E-state index in [9.17, 15) is 17.6 Å². The molecule has 0 aliphatic carbocycles. The molecule has 0 radical (unpaired) electrons. The summed E-state index contributed by atoms with van der Waals surface area (Å²) in [5, 5.41) is 2.24. The highest BCUT2D eigenvalue weighted by Gasteiger charge is 2.20. The van der Waals surface area contributed by atoms with Gasteiger partial charge in [0.2, 0.25) is 5.91 Å². The quantitative estimate of drug-likeness (QED) is 0.634. The van der Waals surface area contributed by atoms with E-state index in [-0.39, 0.29) is 16.5 Å². The maximum Gasteiger partial charge on any atom is 0.239 e. The van der Waals surface area contributed by atoms with Gasteiger partial charge in [0.25, 0.3) is 0 Å². The van der Waals surface area contributed by atoms with E-state index in [1.807, 2.05) is 30.3 Å². The molecular formula is C19H17ClFN3O3S. The molecule has 1 aromatic heterocycles. The zero-order valence-corrected chi connectivity index (χ0v) is 16.3. The fourth-order valence-electron chi connectivity index (χ4n) is 2.62. The van der Waals surface area contributed by atoms with Crippen LogP contribution in [-0.2, 0) is 26.9 Å². The number of hydrogen-bond donors (Lipinski definition) is 1. The molecule has 6 nitrogen and oxygen atoms in total. The lowest BCUT2D eigenvalue weighted by Crippen LogP contribution is -2.25. The van der Waals surface area contributed by atoms with Crippen LogP contribution in [0.3, 0.4) is 0 Å². The molecule has 3 rings (SSSR count). The molecule has 0 spiro atoms. The number of benzene rings is 2. The van der Waals surface area contributed by atoms with Crippen molar-refractivity contribution in [2.45, 2.75) is 12.3 Å². The van der Waals surface area contributed by atoms with E-state index in [1.165, 1.54) is 18.3 Å². The van der Waals surface area contributed by atoms with Crippen molar-refractivity contribution in [3.8, 4) is 0 Å². The summed E-state index contributed by atoms with van der Waals surface area (Å²) in [6, 6.07) is 13.2. The van der Waals surface area contributed by atoms with Crippen LogP contribution in [0.1, 0.15) is 11.4 Å². The molecule has 0 saturated carbocycles. The Morgan fingerprint density at radius 2 is 1.93 bits per heavy atom. The largest absolute Gasteiger partial charge is 0.330 e. The standard InChI is InChI=1S/C19H17ClFN3O3S/c20-16-10-15(6-7-17(16)21)23-19(25)13-28(26,27)12-18-22-8-9-24(18)11-14-4-2-1-3-5-14/h1-10H,11-13H2,(H,23,25). The normalized spacial score (nSPS) is 11.4. The van der Waals surface area contributed by atoms with Gasteiger partial charge in [0.1, 0.15) is 23.1 Å². The molecule has 0 bridgehead atoms. The minimum Gasteiger partial charge on any atom is -0.330 e. The van der Waals surface area contributed by atoms with Crippen LogP contribution in [0.25, 0.3) is 0 Å². The molecule has 9 heteroatoms. The number of anilines is 1. The number of carbonyl (C=O) groups is 1. The Labute approximate surface area is 166 Å². The molecule has 28 heavy (non-hydrogen) atoms. The lowest BCUT2D eigenvalue weighted by molar-refractivity contribution is -0.113. The third kappa shape index (κ3) is 5.40. The monoisotopic (exact) mass is 421 g/mol. The van der Waals surface area contributed by atoms with Gasteiger partial charge >= 0.3 is 0 Å². The first-order valence-electron chi connectivity index (χ1n) is 8.32. The van der Waals surface area contributed by atoms with Crippen LogP contribution in [0.5, 0.6) is 0 Å². The molecule has 0 aliphatic heterocycles. The first-order valence-corrected chi connectivity index (χ1v) is 10.5. The minimum absolute atomic E-state index is 0.163. The maximum atomic E-state index is 13.2. The number of nitrogens with one attached hydrogen (secondary N) is 1. The Balaban J connectivity index is 1.65. The van der Waals surface area contributed by atoms with Crippen molar-refractivity contribution in [1.82, 2.24) is 9.55 Å². The number of rotatable bonds is 7. The van der Waals surface area contributed by atoms with Crippen LogP contribution >= 0.6 is 11.6 Å². The fourth-order valence-corrected chi connectivity index (χ4v) is 4.01. The molecule has 3 aromatic rings. The van der Waals surface area contributed by atoms with Crippen molar-refractivity contribution in [2.75, 3.05) is 11.1 Å². The summed E-state index contributed by atoms with van der Waals surface area (Å²) in [4.78, 5) is 16.2. The van der Waals surface area contributed by atoms with Crippen LogP contribution in [0.15, 0.2) is 60.9 Å². The van der Waals surface area contributed by atoms with Crippen LogP contribution in [0.4, 0.5) is 10.1 Å². The maximum absolute atomic E-state index is 13.2. The van der Waals surface area contributed by atoms with E-state index in [2.05, 4.69) is 10.3 Å². The SMILES string of the molecule is O=C(CS(=O)(=O)Cc1nccn1Cc1ccccc1)Nc1ccc(F)c(Cl)c1. The molecule has 0 unspecified atom stereocenters. The van der Waals surface area contributed by atoms with Crippen LogP contribution in [0.2, 0.25) is 5.02 Å². The molecule has 146 valence electrons. The number of carbonyl (C=O) groups excluding carboxylic acids is 1. The van der Waals surface area contributed by atoms with Gasteiger partial charge in [-0.3, -0.25) is 4.79 Å². The molecular weight excluding hydrogens is 405 g/mol. The van der Waals surface area contributed by atoms with Gasteiger partial charge in [-0.2, -0.15) is 0 Å². The molecule has 1 N–H and O–H groups in total. The van der Waals surface area contributed by atoms with E-state index in [0.717, 1.165) is 11.6 Å². The topological polar surface area (TPSA) is 81.1 Å². The van der Waals surface area contributed by atoms with Crippen molar-refractivity contribution in [3.63, 3.8) is 0 Å². The first-order chi connectivity index (χ1) is 13.3. The number of imidazole rings is 1. The highest BCUT2D eigenvalue weighted by atomic mass is 35.5. The van der Waals surface area contributed by atoms with Gasteiger partial charge in [0.05, 0.1) is 5.02 Å². The highest BCUT2D eigenvalue weighted by Crippen LogP contribution is 2.19. The summed E-state index contributed by atoms with van der Waals surface area (Å²) in [5.74, 6) is -2.10. The van der Waals surface area contributed by atoms with Crippen molar-refractivity contribution in [3.05, 3.63) is 83.2 Å². The van der Waals surface area contributed by atoms with Crippen molar-refractivity contribution in [2.24, 2.45) is 0 Å². The zero-order chi connectivity index (χ0) is 20.1. The van der Waals surface area contributed by atoms with Crippen molar-refractivity contribution in [1.29, 1.82) is 0 Å². The molecule has 1 amide bonds. The second-order valence-corrected chi connectivity index (χ2v) is 8.64. The Hall–Kier alpha value is -2.71. The summed E-state index contributed by atoms with van der Waals surface area (Å²) in [7, 11) is -3.76. The summed E-state index contributed by atoms with van der Waals surface area (Å²) in [6.07, 6.45) is 3.22. The average molecular weight is 422 g/mol. The lowest BCUT2D eigenvalue weighted by Gasteiger charge is -2.09. The predicted molar refractivity (Wildman–Crippen MR) is 105 cm³/mol. The lowest BCUT2D eigenvalue weighted by atomic mass is 10.2. The molecule has 0 aliphatic rings. The number of hydrogen-bond acceptors (Lipinski definition) is 4. The number of amides is 1. The van der Waals surface area contributed by atoms with E-state index >= 15 is 0 Å². The third-order valence-corrected chi connectivity index (χ3v) is 5.59. The van der Waals surface area contributed by atoms with Crippen molar-refractivity contribution < 1.29 is 17.6 Å². The van der Waals surface area contributed by atoms with Gasteiger partial charge in [-0.15, -0.1) is 0 Å². The zero-order valence-electron chi connectivity index (χ0n) is 14.7. The summed E-state index contributed by atoms with van der Waals surface area (Å²) < 4.78 is 39.7. The second-order valence-electron chi connectivity index (χ2n) is 6.17. The van der Waals surface area contributed by atoms with Gasteiger partial charge in [-0.1, -0.05) is 41.9 Å². The highest BCUT2D eigenvalue weighted by molar-refractivity contribution is 7.91. The summed E-state index contributed by atoms with van der Waals surface area (Å²) in [6.45, 7) is 0.478. The molecule has 2 aromatic carbocycles. The first kappa shape index (κ1) is 20.0. The second kappa shape index (κ2) is 8.53. The van der Waals surface area contributed by atoms with Gasteiger partial charge in [-0.25, -0.2) is 17.8 Å².